The SMILES string of the molecule is C#Cc1cc(Sc2cn(C)cc2N(C)C)ccc1C=C. The summed E-state index contributed by atoms with van der Waals surface area (Å²) in [4.78, 5) is 4.47. The van der Waals surface area contributed by atoms with E-state index >= 15 is 0 Å². The van der Waals surface area contributed by atoms with E-state index in [0.29, 0.717) is 0 Å². The molecule has 0 saturated carbocycles. The first-order chi connectivity index (χ1) is 9.55. The second-order valence-electron chi connectivity index (χ2n) is 4.77. The lowest BCUT2D eigenvalue weighted by Crippen LogP contribution is -2.08. The highest BCUT2D eigenvalue weighted by Crippen LogP contribution is 2.36. The Labute approximate surface area is 125 Å². The zero-order chi connectivity index (χ0) is 14.7. The lowest BCUT2D eigenvalue weighted by molar-refractivity contribution is 0.918. The number of aryl methyl sites for hydroxylation is 1. The third kappa shape index (κ3) is 2.92. The molecule has 0 bridgehead atoms. The molecule has 0 aliphatic carbocycles. The van der Waals surface area contributed by atoms with Crippen molar-refractivity contribution in [3.05, 3.63) is 48.3 Å². The predicted molar refractivity (Wildman–Crippen MR) is 88.3 cm³/mol. The van der Waals surface area contributed by atoms with Crippen LogP contribution in [-0.2, 0) is 7.05 Å². The van der Waals surface area contributed by atoms with Crippen LogP contribution in [0.3, 0.4) is 0 Å². The minimum absolute atomic E-state index is 0.882. The number of nitrogens with zero attached hydrogens (tertiary/aromatic N) is 2. The van der Waals surface area contributed by atoms with E-state index in [0.717, 1.165) is 16.0 Å². The van der Waals surface area contributed by atoms with E-state index in [1.165, 1.54) is 10.6 Å². The zero-order valence-electron chi connectivity index (χ0n) is 12.1. The lowest BCUT2D eigenvalue weighted by atomic mass is 10.1. The summed E-state index contributed by atoms with van der Waals surface area (Å²) in [6.45, 7) is 3.78. The van der Waals surface area contributed by atoms with Crippen molar-refractivity contribution in [2.24, 2.45) is 7.05 Å². The number of hydrogen-bond donors (Lipinski definition) is 0. The summed E-state index contributed by atoms with van der Waals surface area (Å²) in [6, 6.07) is 6.13. The van der Waals surface area contributed by atoms with E-state index in [1.54, 1.807) is 17.8 Å². The fourth-order valence-corrected chi connectivity index (χ4v) is 3.11. The van der Waals surface area contributed by atoms with Crippen LogP contribution in [0.5, 0.6) is 0 Å². The van der Waals surface area contributed by atoms with Crippen molar-refractivity contribution in [3.8, 4) is 12.3 Å². The van der Waals surface area contributed by atoms with Crippen molar-refractivity contribution < 1.29 is 0 Å². The first kappa shape index (κ1) is 14.4. The number of benzene rings is 1. The van der Waals surface area contributed by atoms with Gasteiger partial charge in [0, 0.05) is 44.0 Å². The van der Waals surface area contributed by atoms with Gasteiger partial charge in [-0.15, -0.1) is 6.42 Å². The van der Waals surface area contributed by atoms with Gasteiger partial charge in [-0.1, -0.05) is 36.4 Å². The van der Waals surface area contributed by atoms with Crippen LogP contribution >= 0.6 is 11.8 Å². The molecule has 2 nitrogen and oxygen atoms in total. The van der Waals surface area contributed by atoms with Crippen molar-refractivity contribution in [3.63, 3.8) is 0 Å². The highest BCUT2D eigenvalue weighted by atomic mass is 32.2. The Morgan fingerprint density at radius 2 is 2.10 bits per heavy atom. The summed E-state index contributed by atoms with van der Waals surface area (Å²) >= 11 is 1.72. The Balaban J connectivity index is 2.36. The molecular weight excluding hydrogens is 264 g/mol. The minimum Gasteiger partial charge on any atom is -0.376 e. The third-order valence-electron chi connectivity index (χ3n) is 3.01. The van der Waals surface area contributed by atoms with Crippen molar-refractivity contribution in [2.45, 2.75) is 9.79 Å². The Morgan fingerprint density at radius 1 is 1.35 bits per heavy atom. The zero-order valence-corrected chi connectivity index (χ0v) is 12.9. The smallest absolute Gasteiger partial charge is 0.0682 e. The van der Waals surface area contributed by atoms with Crippen LogP contribution < -0.4 is 4.90 Å². The van der Waals surface area contributed by atoms with Crippen molar-refractivity contribution in [2.75, 3.05) is 19.0 Å². The fraction of sp³-hybridized carbons (Fsp3) is 0.176. The molecule has 1 aromatic carbocycles. The molecule has 1 aromatic heterocycles. The average Bonchev–Trinajstić information content (AvgIpc) is 2.79. The summed E-state index contributed by atoms with van der Waals surface area (Å²) < 4.78 is 2.07. The molecule has 0 spiro atoms. The van der Waals surface area contributed by atoms with Gasteiger partial charge in [0.15, 0.2) is 0 Å². The second kappa shape index (κ2) is 5.94. The number of rotatable bonds is 4. The molecule has 0 aliphatic rings. The largest absolute Gasteiger partial charge is 0.376 e. The molecule has 20 heavy (non-hydrogen) atoms. The van der Waals surface area contributed by atoms with Gasteiger partial charge in [-0.2, -0.15) is 0 Å². The summed E-state index contributed by atoms with van der Waals surface area (Å²) in [5.41, 5.74) is 3.08. The second-order valence-corrected chi connectivity index (χ2v) is 5.88. The van der Waals surface area contributed by atoms with E-state index in [1.807, 2.05) is 33.3 Å². The molecule has 0 radical (unpaired) electrons. The van der Waals surface area contributed by atoms with Crippen molar-refractivity contribution >= 4 is 23.5 Å². The van der Waals surface area contributed by atoms with Gasteiger partial charge in [0.1, 0.15) is 0 Å². The van der Waals surface area contributed by atoms with E-state index < -0.39 is 0 Å². The van der Waals surface area contributed by atoms with Gasteiger partial charge in [0.25, 0.3) is 0 Å². The maximum absolute atomic E-state index is 5.55. The quantitative estimate of drug-likeness (QED) is 0.787. The molecule has 2 aromatic rings. The fourth-order valence-electron chi connectivity index (χ4n) is 1.99. The molecular formula is C17H18N2S. The van der Waals surface area contributed by atoms with Crippen LogP contribution in [-0.4, -0.2) is 18.7 Å². The highest BCUT2D eigenvalue weighted by molar-refractivity contribution is 7.99. The molecule has 1 heterocycles. The van der Waals surface area contributed by atoms with Crippen LogP contribution in [0.4, 0.5) is 5.69 Å². The summed E-state index contributed by atoms with van der Waals surface area (Å²) in [5, 5.41) is 0. The molecule has 2 rings (SSSR count). The number of hydrogen-bond acceptors (Lipinski definition) is 2. The first-order valence-corrected chi connectivity index (χ1v) is 7.11. The average molecular weight is 282 g/mol. The first-order valence-electron chi connectivity index (χ1n) is 6.29. The molecule has 0 unspecified atom stereocenters. The molecule has 0 N–H and O–H groups in total. The predicted octanol–water partition coefficient (Wildman–Crippen LogP) is 3.87. The molecule has 0 saturated heterocycles. The Hall–Kier alpha value is -2.05. The van der Waals surface area contributed by atoms with Crippen molar-refractivity contribution in [1.29, 1.82) is 0 Å². The molecule has 3 heteroatoms. The maximum atomic E-state index is 5.55. The lowest BCUT2D eigenvalue weighted by Gasteiger charge is -2.12. The molecule has 0 atom stereocenters. The van der Waals surface area contributed by atoms with E-state index in [-0.39, 0.29) is 0 Å². The number of anilines is 1. The molecule has 102 valence electrons. The molecule has 0 amide bonds. The number of terminal acetylenes is 1. The van der Waals surface area contributed by atoms with E-state index in [4.69, 9.17) is 6.42 Å². The monoisotopic (exact) mass is 282 g/mol. The van der Waals surface area contributed by atoms with E-state index in [9.17, 15) is 0 Å². The summed E-state index contributed by atoms with van der Waals surface area (Å²) in [5.74, 6) is 2.72. The van der Waals surface area contributed by atoms with Gasteiger partial charge in [-0.3, -0.25) is 0 Å². The Bertz CT molecular complexity index is 675. The van der Waals surface area contributed by atoms with Gasteiger partial charge < -0.3 is 9.47 Å². The normalized spacial score (nSPS) is 10.1. The van der Waals surface area contributed by atoms with Gasteiger partial charge in [0.2, 0.25) is 0 Å². The summed E-state index contributed by atoms with van der Waals surface area (Å²) in [7, 11) is 6.13. The van der Waals surface area contributed by atoms with Gasteiger partial charge >= 0.3 is 0 Å². The standard InChI is InChI=1S/C17H18N2S/c1-6-13-8-9-15(10-14(13)7-2)20-17-12-19(5)11-16(17)18(3)4/h2,6,8-12H,1H2,3-5H3. The van der Waals surface area contributed by atoms with Crippen LogP contribution in [0.2, 0.25) is 0 Å². The maximum Gasteiger partial charge on any atom is 0.0682 e. The molecule has 0 fully saturated rings. The van der Waals surface area contributed by atoms with Crippen molar-refractivity contribution in [1.82, 2.24) is 4.57 Å². The van der Waals surface area contributed by atoms with Crippen LogP contribution in [0.15, 0.2) is 47.0 Å². The third-order valence-corrected chi connectivity index (χ3v) is 4.03. The van der Waals surface area contributed by atoms with E-state index in [2.05, 4.69) is 40.4 Å². The van der Waals surface area contributed by atoms with Crippen LogP contribution in [0.1, 0.15) is 11.1 Å². The highest BCUT2D eigenvalue weighted by Gasteiger charge is 2.10. The van der Waals surface area contributed by atoms with Crippen LogP contribution in [0, 0.1) is 12.3 Å². The Kier molecular flexibility index (Phi) is 4.26. The van der Waals surface area contributed by atoms with Crippen LogP contribution in [0.25, 0.3) is 6.08 Å². The number of aromatic nitrogens is 1. The van der Waals surface area contributed by atoms with Gasteiger partial charge in [-0.05, 0) is 17.7 Å². The van der Waals surface area contributed by atoms with Gasteiger partial charge in [-0.25, -0.2) is 0 Å². The molecule has 0 aliphatic heterocycles. The summed E-state index contributed by atoms with van der Waals surface area (Å²) in [6.07, 6.45) is 11.6. The van der Waals surface area contributed by atoms with Gasteiger partial charge in [0.05, 0.1) is 10.6 Å². The topological polar surface area (TPSA) is 8.17 Å². The minimum atomic E-state index is 0.882. The Morgan fingerprint density at radius 3 is 2.70 bits per heavy atom.